The molecule has 1 amide bonds. The normalized spacial score (nSPS) is 27.5. The van der Waals surface area contributed by atoms with Crippen LogP contribution in [0.3, 0.4) is 0 Å². The third-order valence-corrected chi connectivity index (χ3v) is 6.95. The molecule has 6 nitrogen and oxygen atoms in total. The highest BCUT2D eigenvalue weighted by Crippen LogP contribution is 2.39. The Morgan fingerprint density at radius 1 is 1.12 bits per heavy atom. The van der Waals surface area contributed by atoms with Crippen LogP contribution in [0.1, 0.15) is 84.3 Å². The highest BCUT2D eigenvalue weighted by molar-refractivity contribution is 5.80. The maximum atomic E-state index is 13.6. The van der Waals surface area contributed by atoms with E-state index in [1.54, 1.807) is 7.11 Å². The van der Waals surface area contributed by atoms with Crippen molar-refractivity contribution in [2.24, 2.45) is 17.8 Å². The molecule has 0 saturated heterocycles. The minimum absolute atomic E-state index is 0.0606. The van der Waals surface area contributed by atoms with Crippen LogP contribution in [0.25, 0.3) is 0 Å². The van der Waals surface area contributed by atoms with Crippen LogP contribution in [0.15, 0.2) is 18.2 Å². The van der Waals surface area contributed by atoms with E-state index in [2.05, 4.69) is 26.1 Å². The number of esters is 1. The summed E-state index contributed by atoms with van der Waals surface area (Å²) >= 11 is 0. The molecule has 0 spiro atoms. The van der Waals surface area contributed by atoms with E-state index in [-0.39, 0.29) is 18.1 Å². The molecule has 1 aromatic rings. The summed E-state index contributed by atoms with van der Waals surface area (Å²) in [5, 5.41) is 2.97. The lowest BCUT2D eigenvalue weighted by Gasteiger charge is -2.38. The van der Waals surface area contributed by atoms with Gasteiger partial charge in [0.05, 0.1) is 13.0 Å². The van der Waals surface area contributed by atoms with Crippen molar-refractivity contribution in [3.8, 4) is 5.75 Å². The Kier molecular flexibility index (Phi) is 7.96. The summed E-state index contributed by atoms with van der Waals surface area (Å²) in [6.07, 6.45) is 3.78. The zero-order chi connectivity index (χ0) is 24.3. The van der Waals surface area contributed by atoms with Crippen molar-refractivity contribution in [3.63, 3.8) is 0 Å². The largest absolute Gasteiger partial charge is 0.497 e. The van der Waals surface area contributed by atoms with Crippen molar-refractivity contribution in [2.45, 2.75) is 97.3 Å². The second kappa shape index (κ2) is 10.4. The molecule has 0 aromatic heterocycles. The number of ether oxygens (including phenoxy) is 3. The summed E-state index contributed by atoms with van der Waals surface area (Å²) in [6.45, 7) is 12.2. The maximum absolute atomic E-state index is 13.6. The van der Waals surface area contributed by atoms with Crippen LogP contribution in [0.2, 0.25) is 0 Å². The topological polar surface area (TPSA) is 73.9 Å². The lowest BCUT2D eigenvalue weighted by Crippen LogP contribution is -2.44. The van der Waals surface area contributed by atoms with Crippen molar-refractivity contribution in [1.29, 1.82) is 0 Å². The quantitative estimate of drug-likeness (QED) is 0.578. The van der Waals surface area contributed by atoms with Gasteiger partial charge in [-0.15, -0.1) is 0 Å². The molecule has 33 heavy (non-hydrogen) atoms. The number of rotatable bonds is 5. The third-order valence-electron chi connectivity index (χ3n) is 6.95. The van der Waals surface area contributed by atoms with Gasteiger partial charge in [0.1, 0.15) is 17.5 Å². The minimum atomic E-state index is -0.577. The zero-order valence-corrected chi connectivity index (χ0v) is 21.3. The van der Waals surface area contributed by atoms with Crippen LogP contribution in [0, 0.1) is 17.8 Å². The summed E-state index contributed by atoms with van der Waals surface area (Å²) < 4.78 is 17.1. The number of hydrogen-bond acceptors (Lipinski definition) is 5. The van der Waals surface area contributed by atoms with Gasteiger partial charge >= 0.3 is 12.1 Å². The maximum Gasteiger partial charge on any atom is 0.407 e. The summed E-state index contributed by atoms with van der Waals surface area (Å²) in [7, 11) is 1.63. The first-order valence-corrected chi connectivity index (χ1v) is 12.3. The Morgan fingerprint density at radius 2 is 1.85 bits per heavy atom. The van der Waals surface area contributed by atoms with E-state index in [9.17, 15) is 9.59 Å². The van der Waals surface area contributed by atoms with Gasteiger partial charge in [0.15, 0.2) is 0 Å². The lowest BCUT2D eigenvalue weighted by atomic mass is 9.75. The van der Waals surface area contributed by atoms with E-state index in [0.717, 1.165) is 29.7 Å². The molecule has 5 atom stereocenters. The molecule has 0 bridgehead atoms. The number of hydrogen-bond donors (Lipinski definition) is 1. The van der Waals surface area contributed by atoms with Crippen molar-refractivity contribution < 1.29 is 23.8 Å². The van der Waals surface area contributed by atoms with Gasteiger partial charge in [-0.1, -0.05) is 33.3 Å². The number of benzene rings is 1. The second-order valence-corrected chi connectivity index (χ2v) is 11.2. The highest BCUT2D eigenvalue weighted by Gasteiger charge is 2.39. The van der Waals surface area contributed by atoms with Gasteiger partial charge in [0.2, 0.25) is 0 Å². The number of carbonyl (C=O) groups excluding carboxylic acids is 2. The molecule has 3 rings (SSSR count). The van der Waals surface area contributed by atoms with Crippen molar-refractivity contribution in [3.05, 3.63) is 29.3 Å². The molecule has 184 valence electrons. The van der Waals surface area contributed by atoms with Crippen LogP contribution in [-0.4, -0.2) is 36.9 Å². The molecule has 0 heterocycles. The highest BCUT2D eigenvalue weighted by atomic mass is 16.6. The smallest absolute Gasteiger partial charge is 0.407 e. The van der Waals surface area contributed by atoms with Gasteiger partial charge < -0.3 is 19.5 Å². The molecule has 1 aromatic carbocycles. The molecule has 0 unspecified atom stereocenters. The SMILES string of the molecule is COc1ccc2c(c1)[C@H](C(=O)O[C@@H]1C[C@H](C)CC[C@H]1C(C)C)C[C@@H](NC(=O)OC(C)(C)C)C2. The van der Waals surface area contributed by atoms with Gasteiger partial charge in [-0.2, -0.15) is 0 Å². The second-order valence-electron chi connectivity index (χ2n) is 11.2. The number of amides is 1. The van der Waals surface area contributed by atoms with E-state index in [0.29, 0.717) is 30.6 Å². The minimum Gasteiger partial charge on any atom is -0.497 e. The average molecular weight is 460 g/mol. The summed E-state index contributed by atoms with van der Waals surface area (Å²) in [5.41, 5.74) is 1.39. The number of carbonyl (C=O) groups is 2. The monoisotopic (exact) mass is 459 g/mol. The fourth-order valence-electron chi connectivity index (χ4n) is 5.26. The molecule has 2 aliphatic rings. The molecular weight excluding hydrogens is 418 g/mol. The summed E-state index contributed by atoms with van der Waals surface area (Å²) in [6, 6.07) is 5.62. The third kappa shape index (κ3) is 6.64. The molecule has 1 N–H and O–H groups in total. The van der Waals surface area contributed by atoms with E-state index >= 15 is 0 Å². The van der Waals surface area contributed by atoms with E-state index in [4.69, 9.17) is 14.2 Å². The fourth-order valence-corrected chi connectivity index (χ4v) is 5.26. The standard InChI is InChI=1S/C27H41NO5/c1-16(2)21-11-8-17(3)12-24(21)32-25(29)23-14-19(28-26(30)33-27(4,5)6)13-18-9-10-20(31-7)15-22(18)23/h9-10,15-17,19,21,23-24H,8,11-14H2,1-7H3,(H,28,30)/t17-,19+,21+,23-,24-/m1/s1. The van der Waals surface area contributed by atoms with Crippen LogP contribution >= 0.6 is 0 Å². The molecule has 0 aliphatic heterocycles. The first-order valence-electron chi connectivity index (χ1n) is 12.3. The predicted molar refractivity (Wildman–Crippen MR) is 128 cm³/mol. The van der Waals surface area contributed by atoms with Gasteiger partial charge in [0.25, 0.3) is 0 Å². The van der Waals surface area contributed by atoms with Crippen molar-refractivity contribution in [1.82, 2.24) is 5.32 Å². The number of alkyl carbamates (subject to hydrolysis) is 1. The van der Waals surface area contributed by atoms with Gasteiger partial charge in [-0.05, 0) is 87.5 Å². The van der Waals surface area contributed by atoms with Gasteiger partial charge in [-0.25, -0.2) is 4.79 Å². The van der Waals surface area contributed by atoms with E-state index in [1.807, 2.05) is 39.0 Å². The number of fused-ring (bicyclic) bond motifs is 1. The zero-order valence-electron chi connectivity index (χ0n) is 21.3. The molecule has 2 aliphatic carbocycles. The molecule has 1 fully saturated rings. The Bertz CT molecular complexity index is 843. The van der Waals surface area contributed by atoms with Crippen LogP contribution in [0.5, 0.6) is 5.75 Å². The Balaban J connectivity index is 1.81. The molecule has 0 radical (unpaired) electrons. The van der Waals surface area contributed by atoms with Crippen molar-refractivity contribution >= 4 is 12.1 Å². The Morgan fingerprint density at radius 3 is 2.48 bits per heavy atom. The first kappa shape index (κ1) is 25.4. The van der Waals surface area contributed by atoms with Crippen LogP contribution in [-0.2, 0) is 20.7 Å². The Hall–Kier alpha value is -2.24. The van der Waals surface area contributed by atoms with Gasteiger partial charge in [0, 0.05) is 6.04 Å². The average Bonchev–Trinajstić information content (AvgIpc) is 2.71. The molecule has 1 saturated carbocycles. The molecular formula is C27H41NO5. The number of methoxy groups -OCH3 is 1. The fraction of sp³-hybridized carbons (Fsp3) is 0.704. The predicted octanol–water partition coefficient (Wildman–Crippen LogP) is 5.62. The van der Waals surface area contributed by atoms with Gasteiger partial charge in [-0.3, -0.25) is 4.79 Å². The lowest BCUT2D eigenvalue weighted by molar-refractivity contribution is -0.158. The van der Waals surface area contributed by atoms with Crippen LogP contribution in [0.4, 0.5) is 4.79 Å². The van der Waals surface area contributed by atoms with E-state index < -0.39 is 17.6 Å². The summed E-state index contributed by atoms with van der Waals surface area (Å²) in [4.78, 5) is 26.0. The first-order chi connectivity index (χ1) is 15.5. The summed E-state index contributed by atoms with van der Waals surface area (Å²) in [5.74, 6) is 1.47. The number of nitrogens with one attached hydrogen (secondary N) is 1. The van der Waals surface area contributed by atoms with E-state index in [1.165, 1.54) is 6.42 Å². The molecule has 6 heteroatoms. The van der Waals surface area contributed by atoms with Crippen molar-refractivity contribution in [2.75, 3.05) is 7.11 Å². The van der Waals surface area contributed by atoms with Crippen LogP contribution < -0.4 is 10.1 Å². The Labute approximate surface area is 198 Å².